The van der Waals surface area contributed by atoms with Crippen LogP contribution in [0.3, 0.4) is 0 Å². The van der Waals surface area contributed by atoms with E-state index in [-0.39, 0.29) is 28.3 Å². The maximum absolute atomic E-state index is 13.3. The summed E-state index contributed by atoms with van der Waals surface area (Å²) in [7, 11) is 0. The molecule has 31 heavy (non-hydrogen) atoms. The molecule has 2 N–H and O–H groups in total. The van der Waals surface area contributed by atoms with Crippen LogP contribution in [0.1, 0.15) is 38.8 Å². The number of phenols is 1. The van der Waals surface area contributed by atoms with Gasteiger partial charge in [0.2, 0.25) is 5.43 Å². The Morgan fingerprint density at radius 2 is 1.94 bits per heavy atom. The standard InChI is InChI=1S/C25H24O6/c1-24(2)8-7-15-18(31-24)11-19-21(22(15)26)23(27)16(12-29-19)13-5-6-17-14(9-13)10-20(30-17)25(3,4)28/h5-9,11-12,20,26,28H,10H2,1-4H3. The minimum Gasteiger partial charge on any atom is -0.506 e. The zero-order chi connectivity index (χ0) is 22.1. The van der Waals surface area contributed by atoms with Crippen molar-refractivity contribution in [3.05, 3.63) is 58.0 Å². The van der Waals surface area contributed by atoms with Gasteiger partial charge in [0.1, 0.15) is 46.2 Å². The molecule has 6 nitrogen and oxygen atoms in total. The second kappa shape index (κ2) is 6.37. The summed E-state index contributed by atoms with van der Waals surface area (Å²) in [6.07, 6.45) is 5.21. The van der Waals surface area contributed by atoms with Crippen LogP contribution in [0.5, 0.6) is 17.2 Å². The van der Waals surface area contributed by atoms with Crippen LogP contribution in [0.25, 0.3) is 28.2 Å². The molecular weight excluding hydrogens is 396 g/mol. The van der Waals surface area contributed by atoms with Crippen molar-refractivity contribution in [2.24, 2.45) is 0 Å². The average molecular weight is 420 g/mol. The molecule has 1 aromatic heterocycles. The normalized spacial score (nSPS) is 18.9. The Bertz CT molecular complexity index is 1310. The third kappa shape index (κ3) is 3.18. The Balaban J connectivity index is 1.61. The first-order chi connectivity index (χ1) is 14.5. The molecule has 0 bridgehead atoms. The highest BCUT2D eigenvalue weighted by Gasteiger charge is 2.35. The summed E-state index contributed by atoms with van der Waals surface area (Å²) < 4.78 is 17.5. The first kappa shape index (κ1) is 19.7. The monoisotopic (exact) mass is 420 g/mol. The molecular formula is C25H24O6. The summed E-state index contributed by atoms with van der Waals surface area (Å²) >= 11 is 0. The molecule has 2 aliphatic heterocycles. The lowest BCUT2D eigenvalue weighted by atomic mass is 9.95. The predicted molar refractivity (Wildman–Crippen MR) is 118 cm³/mol. The van der Waals surface area contributed by atoms with Crippen LogP contribution in [0.15, 0.2) is 45.8 Å². The molecule has 5 rings (SSSR count). The number of ether oxygens (including phenoxy) is 2. The number of aliphatic hydroxyl groups is 1. The number of rotatable bonds is 2. The van der Waals surface area contributed by atoms with E-state index in [1.807, 2.05) is 26.0 Å². The second-order valence-corrected chi connectivity index (χ2v) is 9.31. The van der Waals surface area contributed by atoms with E-state index in [2.05, 4.69) is 0 Å². The Labute approximate surface area is 179 Å². The number of fused-ring (bicyclic) bond motifs is 3. The van der Waals surface area contributed by atoms with E-state index in [0.717, 1.165) is 5.56 Å². The lowest BCUT2D eigenvalue weighted by molar-refractivity contribution is -0.0229. The lowest BCUT2D eigenvalue weighted by Gasteiger charge is -2.28. The highest BCUT2D eigenvalue weighted by molar-refractivity contribution is 5.93. The highest BCUT2D eigenvalue weighted by atomic mass is 16.5. The van der Waals surface area contributed by atoms with Gasteiger partial charge < -0.3 is 24.1 Å². The van der Waals surface area contributed by atoms with E-state index in [4.69, 9.17) is 13.9 Å². The van der Waals surface area contributed by atoms with Gasteiger partial charge in [-0.15, -0.1) is 0 Å². The minimum absolute atomic E-state index is 0.121. The molecule has 0 aliphatic carbocycles. The van der Waals surface area contributed by atoms with Crippen molar-refractivity contribution in [3.8, 4) is 28.4 Å². The van der Waals surface area contributed by atoms with Gasteiger partial charge in [0.05, 0.1) is 16.7 Å². The molecule has 1 unspecified atom stereocenters. The fourth-order valence-corrected chi connectivity index (χ4v) is 4.12. The number of phenolic OH excluding ortho intramolecular Hbond substituents is 1. The molecule has 3 heterocycles. The van der Waals surface area contributed by atoms with Crippen LogP contribution >= 0.6 is 0 Å². The maximum atomic E-state index is 13.3. The van der Waals surface area contributed by atoms with Crippen molar-refractivity contribution >= 4 is 17.0 Å². The van der Waals surface area contributed by atoms with Crippen LogP contribution in [-0.4, -0.2) is 27.5 Å². The molecule has 0 spiro atoms. The van der Waals surface area contributed by atoms with Crippen molar-refractivity contribution in [1.82, 2.24) is 0 Å². The molecule has 0 saturated heterocycles. The van der Waals surface area contributed by atoms with E-state index in [1.54, 1.807) is 38.1 Å². The summed E-state index contributed by atoms with van der Waals surface area (Å²) in [4.78, 5) is 13.3. The molecule has 0 fully saturated rings. The fourth-order valence-electron chi connectivity index (χ4n) is 4.12. The summed E-state index contributed by atoms with van der Waals surface area (Å²) in [6, 6.07) is 7.10. The van der Waals surface area contributed by atoms with Gasteiger partial charge in [-0.1, -0.05) is 6.07 Å². The molecule has 160 valence electrons. The summed E-state index contributed by atoms with van der Waals surface area (Å²) in [6.45, 7) is 7.25. The number of aromatic hydroxyl groups is 1. The number of benzene rings is 2. The van der Waals surface area contributed by atoms with Crippen LogP contribution in [0.4, 0.5) is 0 Å². The maximum Gasteiger partial charge on any atom is 0.204 e. The van der Waals surface area contributed by atoms with Crippen LogP contribution in [-0.2, 0) is 6.42 Å². The molecule has 1 atom stereocenters. The van der Waals surface area contributed by atoms with Gasteiger partial charge >= 0.3 is 0 Å². The Morgan fingerprint density at radius 1 is 1.16 bits per heavy atom. The fraction of sp³-hybridized carbons (Fsp3) is 0.320. The SMILES string of the molecule is CC1(C)C=Cc2c(cc3occ(-c4ccc5c(c4)CC(C(C)(C)O)O5)c(=O)c3c2O)O1. The van der Waals surface area contributed by atoms with Gasteiger partial charge in [0, 0.05) is 12.5 Å². The van der Waals surface area contributed by atoms with Gasteiger partial charge in [-0.3, -0.25) is 4.79 Å². The highest BCUT2D eigenvalue weighted by Crippen LogP contribution is 2.41. The molecule has 6 heteroatoms. The van der Waals surface area contributed by atoms with Crippen molar-refractivity contribution in [3.63, 3.8) is 0 Å². The summed E-state index contributed by atoms with van der Waals surface area (Å²) in [5.41, 5.74) is 0.846. The molecule has 0 saturated carbocycles. The average Bonchev–Trinajstić information content (AvgIpc) is 3.11. The van der Waals surface area contributed by atoms with E-state index in [9.17, 15) is 15.0 Å². The van der Waals surface area contributed by atoms with Gasteiger partial charge in [0.15, 0.2) is 0 Å². The molecule has 2 aromatic carbocycles. The van der Waals surface area contributed by atoms with Crippen LogP contribution < -0.4 is 14.9 Å². The minimum atomic E-state index is -0.976. The number of hydrogen-bond donors (Lipinski definition) is 2. The predicted octanol–water partition coefficient (Wildman–Crippen LogP) is 4.42. The smallest absolute Gasteiger partial charge is 0.204 e. The van der Waals surface area contributed by atoms with Crippen molar-refractivity contribution in [2.45, 2.75) is 51.4 Å². The Kier molecular flexibility index (Phi) is 4.05. The van der Waals surface area contributed by atoms with E-state index in [1.165, 1.54) is 6.26 Å². The van der Waals surface area contributed by atoms with E-state index in [0.29, 0.717) is 34.6 Å². The zero-order valence-corrected chi connectivity index (χ0v) is 17.9. The third-order valence-electron chi connectivity index (χ3n) is 5.90. The van der Waals surface area contributed by atoms with Crippen molar-refractivity contribution in [1.29, 1.82) is 0 Å². The second-order valence-electron chi connectivity index (χ2n) is 9.31. The van der Waals surface area contributed by atoms with Crippen LogP contribution in [0, 0.1) is 0 Å². The van der Waals surface area contributed by atoms with Crippen LogP contribution in [0.2, 0.25) is 0 Å². The molecule has 0 amide bonds. The van der Waals surface area contributed by atoms with Crippen molar-refractivity contribution in [2.75, 3.05) is 0 Å². The zero-order valence-electron chi connectivity index (χ0n) is 17.9. The topological polar surface area (TPSA) is 89.1 Å². The quantitative estimate of drug-likeness (QED) is 0.638. The summed E-state index contributed by atoms with van der Waals surface area (Å²) in [5.74, 6) is 1.02. The van der Waals surface area contributed by atoms with E-state index < -0.39 is 11.2 Å². The van der Waals surface area contributed by atoms with Gasteiger partial charge in [-0.05, 0) is 63.1 Å². The largest absolute Gasteiger partial charge is 0.506 e. The molecule has 0 radical (unpaired) electrons. The first-order valence-corrected chi connectivity index (χ1v) is 10.3. The van der Waals surface area contributed by atoms with E-state index >= 15 is 0 Å². The van der Waals surface area contributed by atoms with Gasteiger partial charge in [0.25, 0.3) is 0 Å². The van der Waals surface area contributed by atoms with Crippen molar-refractivity contribution < 1.29 is 24.1 Å². The first-order valence-electron chi connectivity index (χ1n) is 10.3. The molecule has 3 aromatic rings. The lowest BCUT2D eigenvalue weighted by Crippen LogP contribution is -2.39. The molecule has 2 aliphatic rings. The van der Waals surface area contributed by atoms with Gasteiger partial charge in [-0.2, -0.15) is 0 Å². The summed E-state index contributed by atoms with van der Waals surface area (Å²) in [5, 5.41) is 21.2. The third-order valence-corrected chi connectivity index (χ3v) is 5.90. The number of hydrogen-bond acceptors (Lipinski definition) is 6. The Hall–Kier alpha value is -3.25. The van der Waals surface area contributed by atoms with Gasteiger partial charge in [-0.25, -0.2) is 0 Å². The Morgan fingerprint density at radius 3 is 2.68 bits per heavy atom.